The zero-order valence-corrected chi connectivity index (χ0v) is 15.3. The summed E-state index contributed by atoms with van der Waals surface area (Å²) in [4.78, 5) is 16.1. The van der Waals surface area contributed by atoms with Crippen LogP contribution in [0.1, 0.15) is 21.5 Å². The zero-order chi connectivity index (χ0) is 18.4. The summed E-state index contributed by atoms with van der Waals surface area (Å²) in [6, 6.07) is 18.5. The Kier molecular flexibility index (Phi) is 5.94. The minimum atomic E-state index is -0.284. The normalized spacial score (nSPS) is 10.2. The molecule has 0 atom stereocenters. The molecule has 0 bridgehead atoms. The van der Waals surface area contributed by atoms with Crippen LogP contribution in [0.15, 0.2) is 73.1 Å². The molecular formula is C20H16ClN3OS. The summed E-state index contributed by atoms with van der Waals surface area (Å²) in [7, 11) is 0. The third-order valence-electron chi connectivity index (χ3n) is 3.70. The molecular weight excluding hydrogens is 366 g/mol. The maximum Gasteiger partial charge on any atom is 0.257 e. The van der Waals surface area contributed by atoms with Crippen LogP contribution in [0.2, 0.25) is 5.02 Å². The molecule has 1 aromatic heterocycles. The highest BCUT2D eigenvalue weighted by Crippen LogP contribution is 2.13. The standard InChI is InChI=1S/C20H16ClN3OS/c21-17-5-3-16(4-6-17)19(25)24-20(26)23-18-7-1-14(2-8-18)13-15-9-11-22-12-10-15/h1-12H,13H2,(H2,23,24,25,26). The minimum absolute atomic E-state index is 0.242. The molecule has 0 aliphatic carbocycles. The maximum atomic E-state index is 12.1. The van der Waals surface area contributed by atoms with Crippen LogP contribution in [0.4, 0.5) is 5.69 Å². The molecule has 0 aliphatic rings. The van der Waals surface area contributed by atoms with Crippen molar-refractivity contribution in [2.75, 3.05) is 5.32 Å². The number of carbonyl (C=O) groups excluding carboxylic acids is 1. The van der Waals surface area contributed by atoms with Crippen LogP contribution in [0.25, 0.3) is 0 Å². The molecule has 130 valence electrons. The average molecular weight is 382 g/mol. The second kappa shape index (κ2) is 8.56. The van der Waals surface area contributed by atoms with Crippen LogP contribution in [0.5, 0.6) is 0 Å². The van der Waals surface area contributed by atoms with Gasteiger partial charge in [0.15, 0.2) is 5.11 Å². The molecule has 0 spiro atoms. The molecule has 0 radical (unpaired) electrons. The van der Waals surface area contributed by atoms with Crippen molar-refractivity contribution in [2.45, 2.75) is 6.42 Å². The van der Waals surface area contributed by atoms with Gasteiger partial charge in [0.1, 0.15) is 0 Å². The van der Waals surface area contributed by atoms with Gasteiger partial charge in [0.25, 0.3) is 5.91 Å². The number of benzene rings is 2. The molecule has 6 heteroatoms. The number of aromatic nitrogens is 1. The van der Waals surface area contributed by atoms with E-state index in [0.29, 0.717) is 10.6 Å². The van der Waals surface area contributed by atoms with E-state index in [0.717, 1.165) is 12.1 Å². The minimum Gasteiger partial charge on any atom is -0.332 e. The van der Waals surface area contributed by atoms with Gasteiger partial charge in [0, 0.05) is 28.7 Å². The number of pyridine rings is 1. The number of nitrogens with zero attached hydrogens (tertiary/aromatic N) is 1. The van der Waals surface area contributed by atoms with Gasteiger partial charge in [0.2, 0.25) is 0 Å². The van der Waals surface area contributed by atoms with Crippen LogP contribution in [0, 0.1) is 0 Å². The first-order valence-electron chi connectivity index (χ1n) is 7.96. The Labute approximate surface area is 162 Å². The molecule has 0 saturated carbocycles. The fraction of sp³-hybridized carbons (Fsp3) is 0.0500. The third kappa shape index (κ3) is 5.12. The number of hydrogen-bond donors (Lipinski definition) is 2. The second-order valence-corrected chi connectivity index (χ2v) is 6.49. The fourth-order valence-corrected chi connectivity index (χ4v) is 2.72. The van der Waals surface area contributed by atoms with E-state index in [1.807, 2.05) is 36.4 Å². The largest absolute Gasteiger partial charge is 0.332 e. The van der Waals surface area contributed by atoms with Crippen LogP contribution < -0.4 is 10.6 Å². The predicted molar refractivity (Wildman–Crippen MR) is 109 cm³/mol. The van der Waals surface area contributed by atoms with Gasteiger partial charge >= 0.3 is 0 Å². The summed E-state index contributed by atoms with van der Waals surface area (Å²) in [5, 5.41) is 6.48. The van der Waals surface area contributed by atoms with E-state index in [2.05, 4.69) is 15.6 Å². The SMILES string of the molecule is O=C(NC(=S)Nc1ccc(Cc2ccncc2)cc1)c1ccc(Cl)cc1. The Morgan fingerprint density at radius 3 is 2.19 bits per heavy atom. The van der Waals surface area contributed by atoms with Gasteiger partial charge in [-0.1, -0.05) is 23.7 Å². The van der Waals surface area contributed by atoms with Crippen LogP contribution in [0.3, 0.4) is 0 Å². The van der Waals surface area contributed by atoms with Crippen molar-refractivity contribution >= 4 is 40.5 Å². The lowest BCUT2D eigenvalue weighted by molar-refractivity contribution is 0.0978. The maximum absolute atomic E-state index is 12.1. The Morgan fingerprint density at radius 2 is 1.54 bits per heavy atom. The van der Waals surface area contributed by atoms with Crippen molar-refractivity contribution in [3.05, 3.63) is 94.8 Å². The summed E-state index contributed by atoms with van der Waals surface area (Å²) in [6.45, 7) is 0. The van der Waals surface area contributed by atoms with Crippen molar-refractivity contribution < 1.29 is 4.79 Å². The molecule has 4 nitrogen and oxygen atoms in total. The summed E-state index contributed by atoms with van der Waals surface area (Å²) in [6.07, 6.45) is 4.40. The number of carbonyl (C=O) groups is 1. The van der Waals surface area contributed by atoms with E-state index < -0.39 is 0 Å². The molecule has 1 heterocycles. The Balaban J connectivity index is 1.55. The van der Waals surface area contributed by atoms with Gasteiger partial charge in [-0.05, 0) is 78.3 Å². The number of anilines is 1. The number of amides is 1. The quantitative estimate of drug-likeness (QED) is 0.655. The number of hydrogen-bond acceptors (Lipinski definition) is 3. The number of nitrogens with one attached hydrogen (secondary N) is 2. The molecule has 0 unspecified atom stereocenters. The van der Waals surface area contributed by atoms with Crippen LogP contribution in [-0.4, -0.2) is 16.0 Å². The number of rotatable bonds is 4. The molecule has 26 heavy (non-hydrogen) atoms. The summed E-state index contributed by atoms with van der Waals surface area (Å²) >= 11 is 11.0. The van der Waals surface area contributed by atoms with Crippen molar-refractivity contribution in [1.82, 2.24) is 10.3 Å². The van der Waals surface area contributed by atoms with Gasteiger partial charge in [0.05, 0.1) is 0 Å². The van der Waals surface area contributed by atoms with Crippen molar-refractivity contribution in [1.29, 1.82) is 0 Å². The summed E-state index contributed by atoms with van der Waals surface area (Å²) in [5.41, 5.74) is 3.68. The van der Waals surface area contributed by atoms with E-state index in [1.54, 1.807) is 36.7 Å². The Bertz CT molecular complexity index is 897. The monoisotopic (exact) mass is 381 g/mol. The van der Waals surface area contributed by atoms with E-state index in [9.17, 15) is 4.79 Å². The van der Waals surface area contributed by atoms with Crippen molar-refractivity contribution in [2.24, 2.45) is 0 Å². The van der Waals surface area contributed by atoms with E-state index >= 15 is 0 Å². The van der Waals surface area contributed by atoms with Crippen LogP contribution >= 0.6 is 23.8 Å². The molecule has 0 fully saturated rings. The highest BCUT2D eigenvalue weighted by molar-refractivity contribution is 7.80. The van der Waals surface area contributed by atoms with E-state index in [4.69, 9.17) is 23.8 Å². The molecule has 3 aromatic rings. The van der Waals surface area contributed by atoms with E-state index in [1.165, 1.54) is 11.1 Å². The lowest BCUT2D eigenvalue weighted by Gasteiger charge is -2.10. The molecule has 2 aromatic carbocycles. The van der Waals surface area contributed by atoms with Gasteiger partial charge in [-0.25, -0.2) is 0 Å². The number of halogens is 1. The topological polar surface area (TPSA) is 54.0 Å². The molecule has 3 rings (SSSR count). The first-order valence-corrected chi connectivity index (χ1v) is 8.74. The van der Waals surface area contributed by atoms with Gasteiger partial charge in [-0.3, -0.25) is 15.1 Å². The molecule has 0 aliphatic heterocycles. The predicted octanol–water partition coefficient (Wildman–Crippen LogP) is 4.45. The van der Waals surface area contributed by atoms with Crippen molar-refractivity contribution in [3.8, 4) is 0 Å². The Morgan fingerprint density at radius 1 is 0.923 bits per heavy atom. The Hall–Kier alpha value is -2.76. The summed E-state index contributed by atoms with van der Waals surface area (Å²) in [5.74, 6) is -0.284. The lowest BCUT2D eigenvalue weighted by Crippen LogP contribution is -2.34. The van der Waals surface area contributed by atoms with E-state index in [-0.39, 0.29) is 11.0 Å². The lowest BCUT2D eigenvalue weighted by atomic mass is 10.1. The first-order chi connectivity index (χ1) is 12.6. The highest BCUT2D eigenvalue weighted by atomic mass is 35.5. The number of thiocarbonyl (C=S) groups is 1. The van der Waals surface area contributed by atoms with Gasteiger partial charge in [-0.2, -0.15) is 0 Å². The van der Waals surface area contributed by atoms with Crippen molar-refractivity contribution in [3.63, 3.8) is 0 Å². The summed E-state index contributed by atoms with van der Waals surface area (Å²) < 4.78 is 0. The second-order valence-electron chi connectivity index (χ2n) is 5.64. The third-order valence-corrected chi connectivity index (χ3v) is 4.16. The van der Waals surface area contributed by atoms with Gasteiger partial charge in [-0.15, -0.1) is 0 Å². The highest BCUT2D eigenvalue weighted by Gasteiger charge is 2.08. The molecule has 1 amide bonds. The molecule has 0 saturated heterocycles. The zero-order valence-electron chi connectivity index (χ0n) is 13.8. The fourth-order valence-electron chi connectivity index (χ4n) is 2.38. The van der Waals surface area contributed by atoms with Gasteiger partial charge < -0.3 is 5.32 Å². The van der Waals surface area contributed by atoms with Crippen LogP contribution in [-0.2, 0) is 6.42 Å². The first kappa shape index (κ1) is 18.0. The average Bonchev–Trinajstić information content (AvgIpc) is 2.64. The smallest absolute Gasteiger partial charge is 0.257 e. The molecule has 2 N–H and O–H groups in total.